The Kier molecular flexibility index (Phi) is 5.56. The van der Waals surface area contributed by atoms with Crippen LogP contribution < -0.4 is 5.32 Å². The molecule has 0 saturated heterocycles. The Morgan fingerprint density at radius 2 is 2.12 bits per heavy atom. The molecule has 1 aromatic heterocycles. The molecule has 1 rings (SSSR count). The summed E-state index contributed by atoms with van der Waals surface area (Å²) in [5.74, 6) is 0.713. The number of nitrogens with zero attached hydrogens (tertiary/aromatic N) is 2. The largest absolute Gasteiger partial charge is 0.349 e. The van der Waals surface area contributed by atoms with E-state index in [-0.39, 0.29) is 0 Å². The van der Waals surface area contributed by atoms with E-state index in [0.717, 1.165) is 26.2 Å². The third-order valence-corrected chi connectivity index (χ3v) is 2.57. The highest BCUT2D eigenvalue weighted by Crippen LogP contribution is 2.02. The van der Waals surface area contributed by atoms with Gasteiger partial charge in [-0.25, -0.2) is 0 Å². The molecule has 0 aliphatic carbocycles. The maximum absolute atomic E-state index is 3.48. The molecule has 0 aliphatic heterocycles. The van der Waals surface area contributed by atoms with Gasteiger partial charge in [-0.15, -0.1) is 0 Å². The predicted molar refractivity (Wildman–Crippen MR) is 69.5 cm³/mol. The van der Waals surface area contributed by atoms with Gasteiger partial charge in [0, 0.05) is 31.5 Å². The van der Waals surface area contributed by atoms with E-state index in [1.165, 1.54) is 5.69 Å². The molecule has 0 atom stereocenters. The van der Waals surface area contributed by atoms with Gasteiger partial charge in [-0.2, -0.15) is 0 Å². The van der Waals surface area contributed by atoms with Crippen LogP contribution in [-0.2, 0) is 13.1 Å². The van der Waals surface area contributed by atoms with Crippen molar-refractivity contribution in [1.82, 2.24) is 14.8 Å². The van der Waals surface area contributed by atoms with Crippen molar-refractivity contribution in [3.05, 3.63) is 24.0 Å². The second kappa shape index (κ2) is 6.71. The molecule has 0 bridgehead atoms. The lowest BCUT2D eigenvalue weighted by Crippen LogP contribution is -2.23. The zero-order valence-electron chi connectivity index (χ0n) is 11.0. The Morgan fingerprint density at radius 3 is 2.75 bits per heavy atom. The molecule has 16 heavy (non-hydrogen) atoms. The topological polar surface area (TPSA) is 20.2 Å². The molecule has 1 aromatic rings. The van der Waals surface area contributed by atoms with Crippen LogP contribution in [0.2, 0.25) is 0 Å². The molecular formula is C13H25N3. The van der Waals surface area contributed by atoms with Gasteiger partial charge in [-0.1, -0.05) is 13.8 Å². The van der Waals surface area contributed by atoms with Gasteiger partial charge in [0.2, 0.25) is 0 Å². The maximum Gasteiger partial charge on any atom is 0.0359 e. The molecule has 0 spiro atoms. The summed E-state index contributed by atoms with van der Waals surface area (Å²) in [5, 5.41) is 3.48. The van der Waals surface area contributed by atoms with E-state index in [4.69, 9.17) is 0 Å². The minimum Gasteiger partial charge on any atom is -0.349 e. The number of aromatic nitrogens is 1. The summed E-state index contributed by atoms with van der Waals surface area (Å²) in [7, 11) is 4.22. The Balaban J connectivity index is 2.38. The van der Waals surface area contributed by atoms with Crippen LogP contribution in [0.3, 0.4) is 0 Å². The molecule has 1 heterocycles. The fraction of sp³-hybridized carbons (Fsp3) is 0.692. The second-order valence-corrected chi connectivity index (χ2v) is 5.02. The molecule has 3 nitrogen and oxygen atoms in total. The maximum atomic E-state index is 3.48. The average Bonchev–Trinajstić information content (AvgIpc) is 2.62. The second-order valence-electron chi connectivity index (χ2n) is 5.02. The summed E-state index contributed by atoms with van der Waals surface area (Å²) in [6.07, 6.45) is 2.16. The van der Waals surface area contributed by atoms with Crippen LogP contribution in [0.25, 0.3) is 0 Å². The Labute approximate surface area is 99.4 Å². The van der Waals surface area contributed by atoms with Gasteiger partial charge in [0.25, 0.3) is 0 Å². The molecular weight excluding hydrogens is 198 g/mol. The SMILES string of the molecule is CC(C)CNCc1cccn1CCN(C)C. The number of hydrogen-bond donors (Lipinski definition) is 1. The highest BCUT2D eigenvalue weighted by Gasteiger charge is 2.01. The van der Waals surface area contributed by atoms with Gasteiger partial charge in [0.05, 0.1) is 0 Å². The fourth-order valence-corrected chi connectivity index (χ4v) is 1.62. The number of rotatable bonds is 7. The Bertz CT molecular complexity index is 289. The summed E-state index contributed by atoms with van der Waals surface area (Å²) in [4.78, 5) is 2.21. The first-order valence-corrected chi connectivity index (χ1v) is 6.09. The van der Waals surface area contributed by atoms with E-state index in [9.17, 15) is 0 Å². The van der Waals surface area contributed by atoms with Crippen molar-refractivity contribution in [1.29, 1.82) is 0 Å². The van der Waals surface area contributed by atoms with Crippen molar-refractivity contribution in [3.8, 4) is 0 Å². The number of nitrogens with one attached hydrogen (secondary N) is 1. The normalized spacial score (nSPS) is 11.6. The molecule has 0 aliphatic rings. The van der Waals surface area contributed by atoms with Gasteiger partial charge in [-0.05, 0) is 38.7 Å². The van der Waals surface area contributed by atoms with Gasteiger partial charge < -0.3 is 14.8 Å². The molecule has 0 unspecified atom stereocenters. The van der Waals surface area contributed by atoms with Crippen molar-refractivity contribution in [2.45, 2.75) is 26.9 Å². The van der Waals surface area contributed by atoms with E-state index in [0.29, 0.717) is 5.92 Å². The minimum absolute atomic E-state index is 0.713. The first kappa shape index (κ1) is 13.3. The van der Waals surface area contributed by atoms with Crippen molar-refractivity contribution in [2.75, 3.05) is 27.2 Å². The van der Waals surface area contributed by atoms with Gasteiger partial charge in [-0.3, -0.25) is 0 Å². The molecule has 0 fully saturated rings. The smallest absolute Gasteiger partial charge is 0.0359 e. The van der Waals surface area contributed by atoms with Gasteiger partial charge >= 0.3 is 0 Å². The van der Waals surface area contributed by atoms with Crippen LogP contribution in [0.1, 0.15) is 19.5 Å². The van der Waals surface area contributed by atoms with E-state index < -0.39 is 0 Å². The first-order chi connectivity index (χ1) is 7.59. The van der Waals surface area contributed by atoms with Gasteiger partial charge in [0.1, 0.15) is 0 Å². The van der Waals surface area contributed by atoms with Crippen LogP contribution in [0.4, 0.5) is 0 Å². The highest BCUT2D eigenvalue weighted by molar-refractivity contribution is 5.06. The number of hydrogen-bond acceptors (Lipinski definition) is 2. The zero-order chi connectivity index (χ0) is 12.0. The molecule has 0 amide bonds. The monoisotopic (exact) mass is 223 g/mol. The predicted octanol–water partition coefficient (Wildman–Crippen LogP) is 1.80. The third kappa shape index (κ3) is 4.81. The fourth-order valence-electron chi connectivity index (χ4n) is 1.62. The molecule has 0 saturated carbocycles. The summed E-state index contributed by atoms with van der Waals surface area (Å²) in [6.45, 7) is 8.68. The summed E-state index contributed by atoms with van der Waals surface area (Å²) >= 11 is 0. The zero-order valence-corrected chi connectivity index (χ0v) is 11.0. The van der Waals surface area contributed by atoms with Crippen LogP contribution >= 0.6 is 0 Å². The van der Waals surface area contributed by atoms with E-state index in [1.54, 1.807) is 0 Å². The minimum atomic E-state index is 0.713. The van der Waals surface area contributed by atoms with Gasteiger partial charge in [0.15, 0.2) is 0 Å². The lowest BCUT2D eigenvalue weighted by atomic mass is 10.2. The quantitative estimate of drug-likeness (QED) is 0.760. The number of likely N-dealkylation sites (N-methyl/N-ethyl adjacent to an activating group) is 1. The van der Waals surface area contributed by atoms with Crippen molar-refractivity contribution in [2.24, 2.45) is 5.92 Å². The summed E-state index contributed by atoms with van der Waals surface area (Å²) in [5.41, 5.74) is 1.38. The van der Waals surface area contributed by atoms with Crippen molar-refractivity contribution in [3.63, 3.8) is 0 Å². The lowest BCUT2D eigenvalue weighted by molar-refractivity contribution is 0.380. The van der Waals surface area contributed by atoms with Crippen LogP contribution in [0.5, 0.6) is 0 Å². The Morgan fingerprint density at radius 1 is 1.38 bits per heavy atom. The van der Waals surface area contributed by atoms with Crippen LogP contribution in [0.15, 0.2) is 18.3 Å². The van der Waals surface area contributed by atoms with E-state index in [1.807, 2.05) is 0 Å². The van der Waals surface area contributed by atoms with Crippen molar-refractivity contribution >= 4 is 0 Å². The highest BCUT2D eigenvalue weighted by atomic mass is 15.1. The first-order valence-electron chi connectivity index (χ1n) is 6.09. The van der Waals surface area contributed by atoms with E-state index >= 15 is 0 Å². The molecule has 0 radical (unpaired) electrons. The molecule has 1 N–H and O–H groups in total. The molecule has 3 heteroatoms. The van der Waals surface area contributed by atoms with Crippen LogP contribution in [-0.4, -0.2) is 36.7 Å². The average molecular weight is 223 g/mol. The van der Waals surface area contributed by atoms with Crippen LogP contribution in [0, 0.1) is 5.92 Å². The summed E-state index contributed by atoms with van der Waals surface area (Å²) in [6, 6.07) is 4.32. The standard InChI is InChI=1S/C13H25N3/c1-12(2)10-14-11-13-6-5-7-16(13)9-8-15(3)4/h5-7,12,14H,8-11H2,1-4H3. The molecule has 92 valence electrons. The van der Waals surface area contributed by atoms with E-state index in [2.05, 4.69) is 61.1 Å². The Hall–Kier alpha value is -0.800. The summed E-state index contributed by atoms with van der Waals surface area (Å²) < 4.78 is 2.33. The molecule has 0 aromatic carbocycles. The lowest BCUT2D eigenvalue weighted by Gasteiger charge is -2.14. The third-order valence-electron chi connectivity index (χ3n) is 2.57. The van der Waals surface area contributed by atoms with Crippen molar-refractivity contribution < 1.29 is 0 Å².